The van der Waals surface area contributed by atoms with Crippen molar-refractivity contribution in [1.29, 1.82) is 0 Å². The van der Waals surface area contributed by atoms with Gasteiger partial charge in [0.1, 0.15) is 0 Å². The molecule has 7 heteroatoms. The molecule has 21 heavy (non-hydrogen) atoms. The van der Waals surface area contributed by atoms with Gasteiger partial charge in [-0.3, -0.25) is 10.1 Å². The van der Waals surface area contributed by atoms with Gasteiger partial charge in [-0.05, 0) is 18.6 Å². The third-order valence-corrected chi connectivity index (χ3v) is 4.07. The van der Waals surface area contributed by atoms with Gasteiger partial charge in [-0.15, -0.1) is 11.3 Å². The van der Waals surface area contributed by atoms with Crippen molar-refractivity contribution in [2.45, 2.75) is 20.0 Å². The first-order valence-corrected chi connectivity index (χ1v) is 7.11. The molecule has 0 saturated carbocycles. The van der Waals surface area contributed by atoms with Crippen LogP contribution in [0.2, 0.25) is 0 Å². The lowest BCUT2D eigenvalue weighted by Gasteiger charge is -2.07. The van der Waals surface area contributed by atoms with Gasteiger partial charge >= 0.3 is 5.97 Å². The zero-order valence-corrected chi connectivity index (χ0v) is 12.1. The Labute approximate surface area is 125 Å². The van der Waals surface area contributed by atoms with Crippen LogP contribution in [0.5, 0.6) is 0 Å². The fourth-order valence-corrected chi connectivity index (χ4v) is 2.79. The molecular formula is C14H14N2O4S. The zero-order valence-electron chi connectivity index (χ0n) is 11.3. The third-order valence-electron chi connectivity index (χ3n) is 3.13. The van der Waals surface area contributed by atoms with Crippen molar-refractivity contribution in [3.05, 3.63) is 61.3 Å². The van der Waals surface area contributed by atoms with Gasteiger partial charge in [0, 0.05) is 35.0 Å². The molecule has 0 spiro atoms. The molecule has 0 aliphatic rings. The van der Waals surface area contributed by atoms with E-state index in [0.717, 1.165) is 10.4 Å². The second kappa shape index (κ2) is 6.47. The minimum Gasteiger partial charge on any atom is -0.478 e. The summed E-state index contributed by atoms with van der Waals surface area (Å²) < 4.78 is 0. The molecule has 0 unspecified atom stereocenters. The number of hydrogen-bond donors (Lipinski definition) is 2. The summed E-state index contributed by atoms with van der Waals surface area (Å²) in [6.07, 6.45) is 0. The van der Waals surface area contributed by atoms with Gasteiger partial charge in [0.15, 0.2) is 0 Å². The van der Waals surface area contributed by atoms with E-state index in [1.54, 1.807) is 24.4 Å². The first-order valence-electron chi connectivity index (χ1n) is 6.23. The van der Waals surface area contributed by atoms with E-state index in [1.807, 2.05) is 6.07 Å². The van der Waals surface area contributed by atoms with E-state index >= 15 is 0 Å². The van der Waals surface area contributed by atoms with Crippen molar-refractivity contribution < 1.29 is 14.8 Å². The predicted molar refractivity (Wildman–Crippen MR) is 79.7 cm³/mol. The molecule has 1 heterocycles. The number of rotatable bonds is 6. The zero-order chi connectivity index (χ0) is 15.4. The Morgan fingerprint density at radius 3 is 2.81 bits per heavy atom. The molecule has 0 amide bonds. The number of carbonyl (C=O) groups is 1. The monoisotopic (exact) mass is 306 g/mol. The lowest BCUT2D eigenvalue weighted by atomic mass is 10.1. The van der Waals surface area contributed by atoms with Crippen molar-refractivity contribution in [3.63, 3.8) is 0 Å². The van der Waals surface area contributed by atoms with Crippen molar-refractivity contribution in [3.8, 4) is 0 Å². The molecule has 0 radical (unpaired) electrons. The highest BCUT2D eigenvalue weighted by Gasteiger charge is 2.13. The maximum absolute atomic E-state index is 10.9. The molecule has 0 atom stereocenters. The highest BCUT2D eigenvalue weighted by atomic mass is 32.1. The van der Waals surface area contributed by atoms with Crippen LogP contribution in [0.4, 0.5) is 5.69 Å². The number of nitro benzene ring substituents is 1. The van der Waals surface area contributed by atoms with Gasteiger partial charge < -0.3 is 10.4 Å². The SMILES string of the molecule is Cc1c(CNCc2cc(C(=O)O)cs2)cccc1[N+](=O)[O-]. The second-order valence-electron chi connectivity index (χ2n) is 4.53. The van der Waals surface area contributed by atoms with Crippen molar-refractivity contribution in [2.24, 2.45) is 0 Å². The molecule has 0 fully saturated rings. The summed E-state index contributed by atoms with van der Waals surface area (Å²) in [5.74, 6) is -0.938. The second-order valence-corrected chi connectivity index (χ2v) is 5.52. The van der Waals surface area contributed by atoms with Gasteiger partial charge in [-0.1, -0.05) is 12.1 Å². The van der Waals surface area contributed by atoms with Gasteiger partial charge in [-0.2, -0.15) is 0 Å². The van der Waals surface area contributed by atoms with Crippen molar-refractivity contribution in [2.75, 3.05) is 0 Å². The molecule has 6 nitrogen and oxygen atoms in total. The maximum atomic E-state index is 10.9. The normalized spacial score (nSPS) is 10.5. The summed E-state index contributed by atoms with van der Waals surface area (Å²) in [4.78, 5) is 22.2. The van der Waals surface area contributed by atoms with Crippen molar-refractivity contribution >= 4 is 23.0 Å². The van der Waals surface area contributed by atoms with Crippen LogP contribution < -0.4 is 5.32 Å². The van der Waals surface area contributed by atoms with Crippen LogP contribution in [0.3, 0.4) is 0 Å². The van der Waals surface area contributed by atoms with Crippen LogP contribution in [0.1, 0.15) is 26.4 Å². The number of nitro groups is 1. The van der Waals surface area contributed by atoms with E-state index in [9.17, 15) is 14.9 Å². The first kappa shape index (κ1) is 15.1. The van der Waals surface area contributed by atoms with Gasteiger partial charge in [0.25, 0.3) is 5.69 Å². The number of benzene rings is 1. The molecule has 1 aromatic heterocycles. The number of aromatic carboxylic acids is 1. The van der Waals surface area contributed by atoms with Crippen LogP contribution in [0.25, 0.3) is 0 Å². The Hall–Kier alpha value is -2.25. The van der Waals surface area contributed by atoms with Crippen LogP contribution in [-0.2, 0) is 13.1 Å². The molecule has 110 valence electrons. The smallest absolute Gasteiger partial charge is 0.336 e. The first-order chi connectivity index (χ1) is 9.99. The molecular weight excluding hydrogens is 292 g/mol. The highest BCUT2D eigenvalue weighted by molar-refractivity contribution is 7.10. The topological polar surface area (TPSA) is 92.5 Å². The summed E-state index contributed by atoms with van der Waals surface area (Å²) >= 11 is 1.37. The molecule has 0 bridgehead atoms. The Kier molecular flexibility index (Phi) is 4.66. The van der Waals surface area contributed by atoms with Gasteiger partial charge in [0.2, 0.25) is 0 Å². The summed E-state index contributed by atoms with van der Waals surface area (Å²) in [7, 11) is 0. The minimum absolute atomic E-state index is 0.110. The molecule has 2 rings (SSSR count). The summed E-state index contributed by atoms with van der Waals surface area (Å²) in [5, 5.41) is 24.5. The summed E-state index contributed by atoms with van der Waals surface area (Å²) in [5.41, 5.74) is 1.90. The summed E-state index contributed by atoms with van der Waals surface area (Å²) in [6, 6.07) is 6.61. The number of nitrogens with zero attached hydrogens (tertiary/aromatic N) is 1. The molecule has 0 saturated heterocycles. The fourth-order valence-electron chi connectivity index (χ4n) is 1.97. The van der Waals surface area contributed by atoms with E-state index in [4.69, 9.17) is 5.11 Å². The lowest BCUT2D eigenvalue weighted by molar-refractivity contribution is -0.385. The maximum Gasteiger partial charge on any atom is 0.336 e. The Bertz CT molecular complexity index is 681. The molecule has 2 N–H and O–H groups in total. The van der Waals surface area contributed by atoms with Crippen LogP contribution in [0, 0.1) is 17.0 Å². The number of carboxylic acid groups (broad SMARTS) is 1. The Morgan fingerprint density at radius 1 is 1.43 bits per heavy atom. The van der Waals surface area contributed by atoms with E-state index in [0.29, 0.717) is 18.7 Å². The largest absolute Gasteiger partial charge is 0.478 e. The van der Waals surface area contributed by atoms with Crippen molar-refractivity contribution in [1.82, 2.24) is 5.32 Å². The van der Waals surface area contributed by atoms with Gasteiger partial charge in [-0.25, -0.2) is 4.79 Å². The Balaban J connectivity index is 1.98. The third kappa shape index (κ3) is 3.65. The highest BCUT2D eigenvalue weighted by Crippen LogP contribution is 2.21. The summed E-state index contributed by atoms with van der Waals surface area (Å²) in [6.45, 7) is 2.75. The van der Waals surface area contributed by atoms with Gasteiger partial charge in [0.05, 0.1) is 10.5 Å². The average molecular weight is 306 g/mol. The molecule has 1 aromatic carbocycles. The molecule has 0 aliphatic heterocycles. The fraction of sp³-hybridized carbons (Fsp3) is 0.214. The number of nitrogens with one attached hydrogen (secondary N) is 1. The van der Waals surface area contributed by atoms with Crippen LogP contribution in [0.15, 0.2) is 29.6 Å². The molecule has 0 aliphatic carbocycles. The van der Waals surface area contributed by atoms with E-state index in [2.05, 4.69) is 5.32 Å². The van der Waals surface area contributed by atoms with E-state index < -0.39 is 10.9 Å². The average Bonchev–Trinajstić information content (AvgIpc) is 2.89. The minimum atomic E-state index is -0.938. The molecule has 2 aromatic rings. The number of hydrogen-bond acceptors (Lipinski definition) is 5. The standard InChI is InChI=1S/C14H14N2O4S/c1-9-10(3-2-4-13(9)16(19)20)6-15-7-12-5-11(8-21-12)14(17)18/h2-5,8,15H,6-7H2,1H3,(H,17,18). The number of carboxylic acids is 1. The van der Waals surface area contributed by atoms with E-state index in [1.165, 1.54) is 17.4 Å². The Morgan fingerprint density at radius 2 is 2.19 bits per heavy atom. The predicted octanol–water partition coefficient (Wildman–Crippen LogP) is 2.95. The van der Waals surface area contributed by atoms with Crippen LogP contribution >= 0.6 is 11.3 Å². The lowest BCUT2D eigenvalue weighted by Crippen LogP contribution is -2.13. The number of thiophene rings is 1. The van der Waals surface area contributed by atoms with Crippen LogP contribution in [-0.4, -0.2) is 16.0 Å². The quantitative estimate of drug-likeness (QED) is 0.632. The van der Waals surface area contributed by atoms with E-state index in [-0.39, 0.29) is 11.3 Å².